The minimum absolute atomic E-state index is 0.206. The van der Waals surface area contributed by atoms with Crippen LogP contribution in [0, 0.1) is 0 Å². The van der Waals surface area contributed by atoms with Gasteiger partial charge in [0.1, 0.15) is 5.75 Å². The van der Waals surface area contributed by atoms with Crippen LogP contribution in [0.5, 0.6) is 5.75 Å². The van der Waals surface area contributed by atoms with Gasteiger partial charge < -0.3 is 14.6 Å². The van der Waals surface area contributed by atoms with Crippen molar-refractivity contribution in [2.24, 2.45) is 0 Å². The van der Waals surface area contributed by atoms with Crippen molar-refractivity contribution < 1.29 is 14.6 Å². The van der Waals surface area contributed by atoms with Gasteiger partial charge in [0, 0.05) is 13.0 Å². The molecular weight excluding hydrogens is 216 g/mol. The molecule has 0 aliphatic heterocycles. The van der Waals surface area contributed by atoms with Gasteiger partial charge in [-0.15, -0.1) is 0 Å². The molecule has 0 saturated carbocycles. The molecule has 1 aromatic rings. The second kappa shape index (κ2) is 7.30. The van der Waals surface area contributed by atoms with Crippen LogP contribution in [-0.4, -0.2) is 24.4 Å². The van der Waals surface area contributed by atoms with E-state index >= 15 is 0 Å². The summed E-state index contributed by atoms with van der Waals surface area (Å²) in [6.45, 7) is 7.12. The standard InChI is InChI=1S/C14H22O3/c1-4-16-13-7-5-6-12(10-13)14(15)8-9-17-11(2)3/h5-7,10-11,14-15H,4,8-9H2,1-3H3. The van der Waals surface area contributed by atoms with Crippen molar-refractivity contribution in [1.82, 2.24) is 0 Å². The molecule has 0 radical (unpaired) electrons. The third-order valence-corrected chi connectivity index (χ3v) is 2.40. The number of aliphatic hydroxyl groups is 1. The second-order valence-electron chi connectivity index (χ2n) is 4.23. The molecule has 17 heavy (non-hydrogen) atoms. The highest BCUT2D eigenvalue weighted by molar-refractivity contribution is 5.29. The zero-order valence-corrected chi connectivity index (χ0v) is 10.8. The lowest BCUT2D eigenvalue weighted by molar-refractivity contribution is 0.0465. The predicted octanol–water partition coefficient (Wildman–Crippen LogP) is 2.93. The number of hydrogen-bond donors (Lipinski definition) is 1. The van der Waals surface area contributed by atoms with Crippen molar-refractivity contribution in [3.8, 4) is 5.75 Å². The number of ether oxygens (including phenoxy) is 2. The van der Waals surface area contributed by atoms with Gasteiger partial charge in [0.05, 0.1) is 18.8 Å². The zero-order valence-electron chi connectivity index (χ0n) is 10.8. The highest BCUT2D eigenvalue weighted by Gasteiger charge is 2.08. The molecule has 1 unspecified atom stereocenters. The van der Waals surface area contributed by atoms with Gasteiger partial charge in [-0.2, -0.15) is 0 Å². The molecule has 0 fully saturated rings. The maximum atomic E-state index is 9.99. The normalized spacial score (nSPS) is 12.8. The first-order valence-corrected chi connectivity index (χ1v) is 6.16. The quantitative estimate of drug-likeness (QED) is 0.793. The summed E-state index contributed by atoms with van der Waals surface area (Å²) in [6.07, 6.45) is 0.319. The Balaban J connectivity index is 2.50. The SMILES string of the molecule is CCOc1cccc(C(O)CCOC(C)C)c1. The molecular formula is C14H22O3. The molecule has 3 heteroatoms. The summed E-state index contributed by atoms with van der Waals surface area (Å²) >= 11 is 0. The van der Waals surface area contributed by atoms with E-state index in [1.165, 1.54) is 0 Å². The van der Waals surface area contributed by atoms with E-state index in [2.05, 4.69) is 0 Å². The predicted molar refractivity (Wildman–Crippen MR) is 68.3 cm³/mol. The molecule has 0 saturated heterocycles. The molecule has 1 rings (SSSR count). The summed E-state index contributed by atoms with van der Waals surface area (Å²) in [5, 5.41) is 9.99. The highest BCUT2D eigenvalue weighted by Crippen LogP contribution is 2.21. The molecule has 0 bridgehead atoms. The van der Waals surface area contributed by atoms with E-state index in [-0.39, 0.29) is 6.10 Å². The maximum Gasteiger partial charge on any atom is 0.119 e. The van der Waals surface area contributed by atoms with Crippen LogP contribution < -0.4 is 4.74 Å². The molecule has 0 heterocycles. The summed E-state index contributed by atoms with van der Waals surface area (Å²) < 4.78 is 10.8. The van der Waals surface area contributed by atoms with E-state index < -0.39 is 6.10 Å². The van der Waals surface area contributed by atoms with E-state index in [9.17, 15) is 5.11 Å². The van der Waals surface area contributed by atoms with Crippen LogP contribution in [0.25, 0.3) is 0 Å². The van der Waals surface area contributed by atoms with Crippen molar-refractivity contribution in [3.63, 3.8) is 0 Å². The van der Waals surface area contributed by atoms with E-state index in [1.807, 2.05) is 45.0 Å². The third-order valence-electron chi connectivity index (χ3n) is 2.40. The van der Waals surface area contributed by atoms with Gasteiger partial charge in [0.2, 0.25) is 0 Å². The Bertz CT molecular complexity index is 323. The lowest BCUT2D eigenvalue weighted by atomic mass is 10.1. The molecule has 96 valence electrons. The second-order valence-corrected chi connectivity index (χ2v) is 4.23. The average molecular weight is 238 g/mol. The molecule has 3 nitrogen and oxygen atoms in total. The van der Waals surface area contributed by atoms with E-state index in [1.54, 1.807) is 0 Å². The summed E-state index contributed by atoms with van der Waals surface area (Å²) in [5.41, 5.74) is 0.878. The Morgan fingerprint density at radius 1 is 1.29 bits per heavy atom. The third kappa shape index (κ3) is 5.20. The summed E-state index contributed by atoms with van der Waals surface area (Å²) in [7, 11) is 0. The Morgan fingerprint density at radius 3 is 2.71 bits per heavy atom. The Labute approximate surface area is 103 Å². The number of benzene rings is 1. The molecule has 0 spiro atoms. The smallest absolute Gasteiger partial charge is 0.119 e. The van der Waals surface area contributed by atoms with Crippen LogP contribution in [0.1, 0.15) is 38.9 Å². The van der Waals surface area contributed by atoms with E-state index in [0.29, 0.717) is 19.6 Å². The molecule has 1 N–H and O–H groups in total. The number of hydrogen-bond acceptors (Lipinski definition) is 3. The first kappa shape index (κ1) is 14.0. The van der Waals surface area contributed by atoms with Crippen molar-refractivity contribution >= 4 is 0 Å². The summed E-state index contributed by atoms with van der Waals surface area (Å²) in [6, 6.07) is 7.57. The van der Waals surface area contributed by atoms with Gasteiger partial charge in [0.25, 0.3) is 0 Å². The van der Waals surface area contributed by atoms with Crippen molar-refractivity contribution in [2.75, 3.05) is 13.2 Å². The Morgan fingerprint density at radius 2 is 2.06 bits per heavy atom. The largest absolute Gasteiger partial charge is 0.494 e. The minimum Gasteiger partial charge on any atom is -0.494 e. The average Bonchev–Trinajstić information content (AvgIpc) is 2.29. The number of rotatable bonds is 7. The van der Waals surface area contributed by atoms with Crippen LogP contribution >= 0.6 is 0 Å². The summed E-state index contributed by atoms with van der Waals surface area (Å²) in [5.74, 6) is 0.800. The minimum atomic E-state index is -0.492. The zero-order chi connectivity index (χ0) is 12.7. The molecule has 0 amide bonds. The first-order chi connectivity index (χ1) is 8.13. The van der Waals surface area contributed by atoms with Crippen LogP contribution in [0.15, 0.2) is 24.3 Å². The number of aliphatic hydroxyl groups excluding tert-OH is 1. The lowest BCUT2D eigenvalue weighted by Gasteiger charge is -2.14. The summed E-state index contributed by atoms with van der Waals surface area (Å²) in [4.78, 5) is 0. The molecule has 1 aromatic carbocycles. The Hall–Kier alpha value is -1.06. The fourth-order valence-electron chi connectivity index (χ4n) is 1.56. The molecule has 0 aromatic heterocycles. The van der Waals surface area contributed by atoms with Crippen LogP contribution in [0.3, 0.4) is 0 Å². The van der Waals surface area contributed by atoms with Crippen molar-refractivity contribution in [1.29, 1.82) is 0 Å². The first-order valence-electron chi connectivity index (χ1n) is 6.16. The lowest BCUT2D eigenvalue weighted by Crippen LogP contribution is -2.08. The van der Waals surface area contributed by atoms with Gasteiger partial charge in [-0.25, -0.2) is 0 Å². The van der Waals surface area contributed by atoms with Gasteiger partial charge in [0.15, 0.2) is 0 Å². The molecule has 0 aliphatic rings. The fourth-order valence-corrected chi connectivity index (χ4v) is 1.56. The van der Waals surface area contributed by atoms with Crippen LogP contribution in [0.2, 0.25) is 0 Å². The Kier molecular flexibility index (Phi) is 6.01. The highest BCUT2D eigenvalue weighted by atomic mass is 16.5. The van der Waals surface area contributed by atoms with Gasteiger partial charge in [-0.3, -0.25) is 0 Å². The van der Waals surface area contributed by atoms with Crippen molar-refractivity contribution in [2.45, 2.75) is 39.4 Å². The monoisotopic (exact) mass is 238 g/mol. The molecule has 1 atom stereocenters. The van der Waals surface area contributed by atoms with E-state index in [4.69, 9.17) is 9.47 Å². The maximum absolute atomic E-state index is 9.99. The molecule has 0 aliphatic carbocycles. The fraction of sp³-hybridized carbons (Fsp3) is 0.571. The van der Waals surface area contributed by atoms with Crippen LogP contribution in [0.4, 0.5) is 0 Å². The van der Waals surface area contributed by atoms with Gasteiger partial charge >= 0.3 is 0 Å². The van der Waals surface area contributed by atoms with E-state index in [0.717, 1.165) is 11.3 Å². The van der Waals surface area contributed by atoms with Crippen LogP contribution in [-0.2, 0) is 4.74 Å². The van der Waals surface area contributed by atoms with Gasteiger partial charge in [-0.05, 0) is 38.5 Å². The topological polar surface area (TPSA) is 38.7 Å². The van der Waals surface area contributed by atoms with Crippen molar-refractivity contribution in [3.05, 3.63) is 29.8 Å². The van der Waals surface area contributed by atoms with Gasteiger partial charge in [-0.1, -0.05) is 12.1 Å².